The number of cyclic esters (lactones) is 1. The number of rotatable bonds is 3. The normalized spacial score (nSPS) is 25.6. The molecule has 2 aliphatic rings. The van der Waals surface area contributed by atoms with Crippen molar-refractivity contribution in [3.63, 3.8) is 0 Å². The highest BCUT2D eigenvalue weighted by molar-refractivity contribution is 5.68. The number of ether oxygens (including phenoxy) is 1. The van der Waals surface area contributed by atoms with Gasteiger partial charge in [0.1, 0.15) is 0 Å². The minimum Gasteiger partial charge on any atom is -0.449 e. The van der Waals surface area contributed by atoms with E-state index in [2.05, 4.69) is 0 Å². The molecule has 0 aromatic rings. The number of carbonyl (C=O) groups is 1. The molecule has 0 spiro atoms. The van der Waals surface area contributed by atoms with Crippen LogP contribution in [0.15, 0.2) is 0 Å². The van der Waals surface area contributed by atoms with Crippen LogP contribution < -0.4 is 0 Å². The Morgan fingerprint density at radius 1 is 1.54 bits per heavy atom. The zero-order valence-corrected chi connectivity index (χ0v) is 7.66. The lowest BCUT2D eigenvalue weighted by Crippen LogP contribution is -2.42. The molecule has 1 N–H and O–H groups in total. The average Bonchev–Trinajstić information content (AvgIpc) is 2.90. The van der Waals surface area contributed by atoms with Gasteiger partial charge in [0.2, 0.25) is 0 Å². The molecule has 1 aliphatic heterocycles. The fourth-order valence-electron chi connectivity index (χ4n) is 1.69. The molecule has 1 heterocycles. The van der Waals surface area contributed by atoms with Gasteiger partial charge in [-0.3, -0.25) is 0 Å². The van der Waals surface area contributed by atoms with Gasteiger partial charge in [-0.15, -0.1) is 0 Å². The van der Waals surface area contributed by atoms with E-state index in [1.54, 1.807) is 4.90 Å². The van der Waals surface area contributed by atoms with E-state index in [-0.39, 0.29) is 18.1 Å². The highest BCUT2D eigenvalue weighted by Gasteiger charge is 2.44. The summed E-state index contributed by atoms with van der Waals surface area (Å²) in [6.45, 7) is 2.18. The number of hydrogen-bond acceptors (Lipinski definition) is 3. The van der Waals surface area contributed by atoms with Crippen molar-refractivity contribution in [3.05, 3.63) is 0 Å². The molecule has 1 saturated heterocycles. The quantitative estimate of drug-likeness (QED) is 0.700. The van der Waals surface area contributed by atoms with Crippen LogP contribution in [0.3, 0.4) is 0 Å². The lowest BCUT2D eigenvalue weighted by Gasteiger charge is -2.29. The fraction of sp³-hybridized carbons (Fsp3) is 0.889. The third-order valence-corrected chi connectivity index (χ3v) is 2.87. The molecule has 0 aromatic carbocycles. The minimum absolute atomic E-state index is 0.0103. The van der Waals surface area contributed by atoms with Crippen LogP contribution in [0.4, 0.5) is 4.79 Å². The van der Waals surface area contributed by atoms with Crippen LogP contribution in [0.5, 0.6) is 0 Å². The standard InChI is InChI=1S/C9H15NO3/c11-7-9(2-3-9)6-10-4-1-5-13-8(10)12/h11H,1-7H2. The maximum absolute atomic E-state index is 11.2. The number of amides is 1. The fourth-order valence-corrected chi connectivity index (χ4v) is 1.69. The molecule has 2 fully saturated rings. The highest BCUT2D eigenvalue weighted by Crippen LogP contribution is 2.45. The zero-order valence-electron chi connectivity index (χ0n) is 7.66. The van der Waals surface area contributed by atoms with Crippen molar-refractivity contribution in [1.29, 1.82) is 0 Å². The second-order valence-electron chi connectivity index (χ2n) is 4.05. The van der Waals surface area contributed by atoms with Gasteiger partial charge in [0.05, 0.1) is 13.2 Å². The highest BCUT2D eigenvalue weighted by atomic mass is 16.6. The van der Waals surface area contributed by atoms with Crippen LogP contribution in [0.1, 0.15) is 19.3 Å². The Morgan fingerprint density at radius 3 is 2.85 bits per heavy atom. The first kappa shape index (κ1) is 8.81. The molecule has 4 nitrogen and oxygen atoms in total. The Labute approximate surface area is 77.5 Å². The first-order valence-electron chi connectivity index (χ1n) is 4.78. The second kappa shape index (κ2) is 3.18. The minimum atomic E-state index is -0.217. The topological polar surface area (TPSA) is 49.8 Å². The van der Waals surface area contributed by atoms with Crippen LogP contribution in [-0.2, 0) is 4.74 Å². The largest absolute Gasteiger partial charge is 0.449 e. The summed E-state index contributed by atoms with van der Waals surface area (Å²) in [4.78, 5) is 13.0. The molecule has 13 heavy (non-hydrogen) atoms. The molecule has 1 aliphatic carbocycles. The summed E-state index contributed by atoms with van der Waals surface area (Å²) in [5.74, 6) is 0. The van der Waals surface area contributed by atoms with E-state index in [0.717, 1.165) is 25.8 Å². The predicted octanol–water partition coefficient (Wildman–Crippen LogP) is 0.601. The molecule has 0 unspecified atom stereocenters. The number of aliphatic hydroxyl groups is 1. The van der Waals surface area contributed by atoms with Gasteiger partial charge in [-0.25, -0.2) is 4.79 Å². The van der Waals surface area contributed by atoms with Crippen LogP contribution >= 0.6 is 0 Å². The predicted molar refractivity (Wildman–Crippen MR) is 46.3 cm³/mol. The third kappa shape index (κ3) is 1.77. The molecule has 74 valence electrons. The van der Waals surface area contributed by atoms with Crippen molar-refractivity contribution >= 4 is 6.09 Å². The molecular weight excluding hydrogens is 170 g/mol. The van der Waals surface area contributed by atoms with Gasteiger partial charge in [0.25, 0.3) is 0 Å². The first-order valence-corrected chi connectivity index (χ1v) is 4.78. The summed E-state index contributed by atoms with van der Waals surface area (Å²) in [7, 11) is 0. The average molecular weight is 185 g/mol. The monoisotopic (exact) mass is 185 g/mol. The Morgan fingerprint density at radius 2 is 2.31 bits per heavy atom. The summed E-state index contributed by atoms with van der Waals surface area (Å²) in [6.07, 6.45) is 2.76. The molecular formula is C9H15NO3. The zero-order chi connectivity index (χ0) is 9.31. The number of hydrogen-bond donors (Lipinski definition) is 1. The maximum Gasteiger partial charge on any atom is 0.409 e. The van der Waals surface area contributed by atoms with E-state index in [4.69, 9.17) is 9.84 Å². The summed E-state index contributed by atoms with van der Waals surface area (Å²) in [6, 6.07) is 0. The molecule has 1 saturated carbocycles. The van der Waals surface area contributed by atoms with Crippen LogP contribution in [-0.4, -0.2) is 42.4 Å². The van der Waals surface area contributed by atoms with E-state index in [1.807, 2.05) is 0 Å². The Balaban J connectivity index is 1.89. The van der Waals surface area contributed by atoms with E-state index < -0.39 is 0 Å². The van der Waals surface area contributed by atoms with E-state index >= 15 is 0 Å². The SMILES string of the molecule is O=C1OCCCN1CC1(CO)CC1. The number of nitrogens with zero attached hydrogens (tertiary/aromatic N) is 1. The van der Waals surface area contributed by atoms with Gasteiger partial charge in [-0.05, 0) is 19.3 Å². The first-order chi connectivity index (χ1) is 6.26. The van der Waals surface area contributed by atoms with Gasteiger partial charge < -0.3 is 14.7 Å². The lowest BCUT2D eigenvalue weighted by atomic mass is 10.1. The number of carbonyl (C=O) groups excluding carboxylic acids is 1. The molecule has 4 heteroatoms. The lowest BCUT2D eigenvalue weighted by molar-refractivity contribution is 0.0572. The van der Waals surface area contributed by atoms with Gasteiger partial charge >= 0.3 is 6.09 Å². The van der Waals surface area contributed by atoms with Crippen LogP contribution in [0.2, 0.25) is 0 Å². The van der Waals surface area contributed by atoms with Gasteiger partial charge in [0.15, 0.2) is 0 Å². The molecule has 0 aromatic heterocycles. The Hall–Kier alpha value is -0.770. The smallest absolute Gasteiger partial charge is 0.409 e. The van der Waals surface area contributed by atoms with Crippen molar-refractivity contribution in [2.45, 2.75) is 19.3 Å². The van der Waals surface area contributed by atoms with Crippen molar-refractivity contribution in [1.82, 2.24) is 4.90 Å². The summed E-state index contributed by atoms with van der Waals surface area (Å²) < 4.78 is 4.91. The van der Waals surface area contributed by atoms with E-state index in [0.29, 0.717) is 13.2 Å². The summed E-state index contributed by atoms with van der Waals surface area (Å²) in [5.41, 5.74) is 0.0103. The van der Waals surface area contributed by atoms with Crippen LogP contribution in [0.25, 0.3) is 0 Å². The molecule has 0 radical (unpaired) electrons. The van der Waals surface area contributed by atoms with E-state index in [1.165, 1.54) is 0 Å². The molecule has 2 rings (SSSR count). The van der Waals surface area contributed by atoms with Crippen molar-refractivity contribution < 1.29 is 14.6 Å². The molecule has 0 bridgehead atoms. The van der Waals surface area contributed by atoms with Crippen molar-refractivity contribution in [3.8, 4) is 0 Å². The van der Waals surface area contributed by atoms with Gasteiger partial charge in [0, 0.05) is 18.5 Å². The van der Waals surface area contributed by atoms with Crippen molar-refractivity contribution in [2.24, 2.45) is 5.41 Å². The van der Waals surface area contributed by atoms with Gasteiger partial charge in [-0.2, -0.15) is 0 Å². The van der Waals surface area contributed by atoms with Gasteiger partial charge in [-0.1, -0.05) is 0 Å². The molecule has 0 atom stereocenters. The second-order valence-corrected chi connectivity index (χ2v) is 4.05. The third-order valence-electron chi connectivity index (χ3n) is 2.87. The molecule has 1 amide bonds. The Bertz CT molecular complexity index is 213. The summed E-state index contributed by atoms with van der Waals surface area (Å²) in [5, 5.41) is 9.09. The maximum atomic E-state index is 11.2. The number of aliphatic hydroxyl groups excluding tert-OH is 1. The van der Waals surface area contributed by atoms with E-state index in [9.17, 15) is 4.79 Å². The Kier molecular flexibility index (Phi) is 2.15. The van der Waals surface area contributed by atoms with Crippen molar-refractivity contribution in [2.75, 3.05) is 26.3 Å². The summed E-state index contributed by atoms with van der Waals surface area (Å²) >= 11 is 0. The van der Waals surface area contributed by atoms with Crippen LogP contribution in [0, 0.1) is 5.41 Å².